The van der Waals surface area contributed by atoms with Crippen LogP contribution in [0.15, 0.2) is 53.7 Å². The highest BCUT2D eigenvalue weighted by Crippen LogP contribution is 2.24. The minimum atomic E-state index is 0.112. The van der Waals surface area contributed by atoms with Crippen molar-refractivity contribution in [2.24, 2.45) is 10.9 Å². The van der Waals surface area contributed by atoms with Crippen molar-refractivity contribution in [1.82, 2.24) is 0 Å². The molecule has 21 heavy (non-hydrogen) atoms. The van der Waals surface area contributed by atoms with Gasteiger partial charge in [-0.25, -0.2) is 0 Å². The van der Waals surface area contributed by atoms with Crippen LogP contribution in [-0.2, 0) is 11.3 Å². The quantitative estimate of drug-likeness (QED) is 0.281. The third-order valence-corrected chi connectivity index (χ3v) is 3.19. The van der Waals surface area contributed by atoms with Crippen LogP contribution in [0.3, 0.4) is 0 Å². The zero-order valence-electron chi connectivity index (χ0n) is 12.1. The summed E-state index contributed by atoms with van der Waals surface area (Å²) in [5, 5.41) is 12.0. The zero-order valence-corrected chi connectivity index (χ0v) is 12.1. The number of hydrogen-bond acceptors (Lipinski definition) is 3. The van der Waals surface area contributed by atoms with Gasteiger partial charge in [0, 0.05) is 12.2 Å². The lowest BCUT2D eigenvalue weighted by atomic mass is 9.98. The van der Waals surface area contributed by atoms with Gasteiger partial charge >= 0.3 is 0 Å². The second-order valence-electron chi connectivity index (χ2n) is 4.78. The Balaban J connectivity index is 2.23. The molecule has 0 aromatic heterocycles. The van der Waals surface area contributed by atoms with Crippen molar-refractivity contribution in [2.75, 3.05) is 6.61 Å². The van der Waals surface area contributed by atoms with Crippen LogP contribution in [0.25, 0.3) is 11.1 Å². The normalized spacial score (nSPS) is 11.6. The first kappa shape index (κ1) is 15.1. The molecular formula is C17H20N2O2. The first-order valence-corrected chi connectivity index (χ1v) is 7.00. The van der Waals surface area contributed by atoms with Crippen LogP contribution >= 0.6 is 0 Å². The van der Waals surface area contributed by atoms with Gasteiger partial charge in [0.2, 0.25) is 0 Å². The predicted molar refractivity (Wildman–Crippen MR) is 84.3 cm³/mol. The van der Waals surface area contributed by atoms with E-state index in [1.165, 1.54) is 0 Å². The summed E-state index contributed by atoms with van der Waals surface area (Å²) in [6, 6.07) is 15.7. The lowest BCUT2D eigenvalue weighted by Gasteiger charge is -2.09. The first-order chi connectivity index (χ1) is 10.3. The van der Waals surface area contributed by atoms with E-state index in [0.717, 1.165) is 35.3 Å². The van der Waals surface area contributed by atoms with Crippen molar-refractivity contribution >= 4 is 5.84 Å². The van der Waals surface area contributed by atoms with E-state index in [1.807, 2.05) is 48.5 Å². The summed E-state index contributed by atoms with van der Waals surface area (Å²) >= 11 is 0. The highest BCUT2D eigenvalue weighted by molar-refractivity contribution is 6.03. The number of nitrogens with zero attached hydrogens (tertiary/aromatic N) is 1. The summed E-state index contributed by atoms with van der Waals surface area (Å²) in [7, 11) is 0. The molecule has 0 aliphatic heterocycles. The molecule has 110 valence electrons. The molecule has 0 unspecified atom stereocenters. The number of nitrogens with two attached hydrogens (primary N) is 1. The van der Waals surface area contributed by atoms with Gasteiger partial charge in [0.25, 0.3) is 0 Å². The Bertz CT molecular complexity index is 606. The van der Waals surface area contributed by atoms with E-state index < -0.39 is 0 Å². The third-order valence-electron chi connectivity index (χ3n) is 3.19. The molecule has 2 rings (SSSR count). The summed E-state index contributed by atoms with van der Waals surface area (Å²) in [6.07, 6.45) is 1.02. The van der Waals surface area contributed by atoms with Crippen LogP contribution in [0.4, 0.5) is 0 Å². The van der Waals surface area contributed by atoms with Crippen molar-refractivity contribution in [3.05, 3.63) is 59.7 Å². The second kappa shape index (κ2) is 7.45. The summed E-state index contributed by atoms with van der Waals surface area (Å²) in [6.45, 7) is 3.48. The van der Waals surface area contributed by atoms with E-state index in [0.29, 0.717) is 6.61 Å². The molecule has 0 aliphatic rings. The van der Waals surface area contributed by atoms with Crippen LogP contribution in [-0.4, -0.2) is 17.6 Å². The summed E-state index contributed by atoms with van der Waals surface area (Å²) in [4.78, 5) is 0. The van der Waals surface area contributed by atoms with E-state index >= 15 is 0 Å². The molecule has 2 aromatic rings. The third kappa shape index (κ3) is 3.83. The number of hydrogen-bond donors (Lipinski definition) is 2. The number of benzene rings is 2. The molecule has 0 fully saturated rings. The van der Waals surface area contributed by atoms with E-state index in [4.69, 9.17) is 15.7 Å². The van der Waals surface area contributed by atoms with Gasteiger partial charge in [-0.2, -0.15) is 0 Å². The monoisotopic (exact) mass is 284 g/mol. The first-order valence-electron chi connectivity index (χ1n) is 7.00. The molecule has 0 saturated heterocycles. The van der Waals surface area contributed by atoms with Gasteiger partial charge in [0.15, 0.2) is 5.84 Å². The molecule has 3 N–H and O–H groups in total. The summed E-state index contributed by atoms with van der Waals surface area (Å²) in [5.74, 6) is 0.112. The highest BCUT2D eigenvalue weighted by atomic mass is 16.5. The van der Waals surface area contributed by atoms with Crippen LogP contribution in [0, 0.1) is 0 Å². The van der Waals surface area contributed by atoms with Crippen molar-refractivity contribution in [3.63, 3.8) is 0 Å². The minimum Gasteiger partial charge on any atom is -0.409 e. The molecule has 0 atom stereocenters. The van der Waals surface area contributed by atoms with Gasteiger partial charge < -0.3 is 15.7 Å². The average Bonchev–Trinajstić information content (AvgIpc) is 2.55. The fourth-order valence-electron chi connectivity index (χ4n) is 2.13. The molecular weight excluding hydrogens is 264 g/mol. The van der Waals surface area contributed by atoms with E-state index in [-0.39, 0.29) is 5.84 Å². The molecule has 0 spiro atoms. The molecule has 0 aliphatic carbocycles. The minimum absolute atomic E-state index is 0.112. The molecule has 0 bridgehead atoms. The topological polar surface area (TPSA) is 67.8 Å². The van der Waals surface area contributed by atoms with Gasteiger partial charge in [0.1, 0.15) is 0 Å². The maximum atomic E-state index is 8.87. The Labute approximate surface area is 124 Å². The van der Waals surface area contributed by atoms with Gasteiger partial charge in [-0.3, -0.25) is 0 Å². The number of ether oxygens (including phenoxy) is 1. The molecule has 0 saturated carbocycles. The number of rotatable bonds is 6. The number of oxime groups is 1. The fraction of sp³-hybridized carbons (Fsp3) is 0.235. The van der Waals surface area contributed by atoms with Crippen molar-refractivity contribution in [2.45, 2.75) is 20.0 Å². The van der Waals surface area contributed by atoms with Crippen molar-refractivity contribution in [3.8, 4) is 11.1 Å². The Morgan fingerprint density at radius 2 is 1.86 bits per heavy atom. The van der Waals surface area contributed by atoms with E-state index in [1.54, 1.807) is 0 Å². The summed E-state index contributed by atoms with van der Waals surface area (Å²) < 4.78 is 5.52. The molecule has 0 amide bonds. The zero-order chi connectivity index (χ0) is 15.1. The maximum Gasteiger partial charge on any atom is 0.170 e. The fourth-order valence-corrected chi connectivity index (χ4v) is 2.13. The standard InChI is InChI=1S/C17H20N2O2/c1-2-11-21-12-13-7-9-14(10-8-13)15-5-3-4-6-16(15)17(18)19-20/h3-10,20H,2,11-12H2,1H3,(H2,18,19). The van der Waals surface area contributed by atoms with E-state index in [9.17, 15) is 0 Å². The van der Waals surface area contributed by atoms with Gasteiger partial charge in [0.05, 0.1) is 6.61 Å². The maximum absolute atomic E-state index is 8.87. The van der Waals surface area contributed by atoms with E-state index in [2.05, 4.69) is 12.1 Å². The largest absolute Gasteiger partial charge is 0.409 e. The smallest absolute Gasteiger partial charge is 0.170 e. The lowest BCUT2D eigenvalue weighted by molar-refractivity contribution is 0.121. The Hall–Kier alpha value is -2.33. The molecule has 0 radical (unpaired) electrons. The summed E-state index contributed by atoms with van der Waals surface area (Å²) in [5.41, 5.74) is 9.54. The number of amidine groups is 1. The van der Waals surface area contributed by atoms with Crippen LogP contribution in [0.2, 0.25) is 0 Å². The second-order valence-corrected chi connectivity index (χ2v) is 4.78. The van der Waals surface area contributed by atoms with Gasteiger partial charge in [-0.15, -0.1) is 0 Å². The Morgan fingerprint density at radius 3 is 2.52 bits per heavy atom. The SMILES string of the molecule is CCCOCc1ccc(-c2ccccc2/C(N)=N/O)cc1. The highest BCUT2D eigenvalue weighted by Gasteiger charge is 2.08. The van der Waals surface area contributed by atoms with Crippen LogP contribution in [0.1, 0.15) is 24.5 Å². The molecule has 0 heterocycles. The predicted octanol–water partition coefficient (Wildman–Crippen LogP) is 3.37. The van der Waals surface area contributed by atoms with Crippen LogP contribution < -0.4 is 5.73 Å². The lowest BCUT2D eigenvalue weighted by Crippen LogP contribution is -2.14. The van der Waals surface area contributed by atoms with Gasteiger partial charge in [-0.1, -0.05) is 60.6 Å². The van der Waals surface area contributed by atoms with Crippen molar-refractivity contribution < 1.29 is 9.94 Å². The Kier molecular flexibility index (Phi) is 5.35. The van der Waals surface area contributed by atoms with Crippen LogP contribution in [0.5, 0.6) is 0 Å². The Morgan fingerprint density at radius 1 is 1.14 bits per heavy atom. The molecule has 2 aromatic carbocycles. The molecule has 4 heteroatoms. The average molecular weight is 284 g/mol. The van der Waals surface area contributed by atoms with Crippen molar-refractivity contribution in [1.29, 1.82) is 0 Å². The van der Waals surface area contributed by atoms with Gasteiger partial charge in [-0.05, 0) is 23.1 Å². The molecule has 4 nitrogen and oxygen atoms in total.